The van der Waals surface area contributed by atoms with Crippen LogP contribution in [0.4, 0.5) is 8.78 Å². The van der Waals surface area contributed by atoms with Crippen molar-refractivity contribution in [1.82, 2.24) is 15.1 Å². The lowest BCUT2D eigenvalue weighted by molar-refractivity contribution is -0.125. The van der Waals surface area contributed by atoms with Gasteiger partial charge in [0, 0.05) is 15.9 Å². The van der Waals surface area contributed by atoms with Crippen molar-refractivity contribution in [3.05, 3.63) is 38.7 Å². The predicted octanol–water partition coefficient (Wildman–Crippen LogP) is 2.13. The van der Waals surface area contributed by atoms with E-state index in [9.17, 15) is 23.5 Å². The Balaban J connectivity index is 1.89. The molecule has 6 nitrogen and oxygen atoms in total. The van der Waals surface area contributed by atoms with Crippen LogP contribution >= 0.6 is 15.9 Å². The van der Waals surface area contributed by atoms with Crippen molar-refractivity contribution in [1.29, 1.82) is 0 Å². The molecule has 0 unspecified atom stereocenters. The molecule has 9 heteroatoms. The SMILES string of the molecule is CC1(O)CC(NC(=O)Cn2nc(C(F)F)c3cc(Br)ccc3c2=O)C1. The lowest BCUT2D eigenvalue weighted by Gasteiger charge is -2.41. The van der Waals surface area contributed by atoms with Crippen molar-refractivity contribution >= 4 is 32.6 Å². The lowest BCUT2D eigenvalue weighted by Crippen LogP contribution is -2.54. The molecule has 1 saturated carbocycles. The number of benzene rings is 1. The van der Waals surface area contributed by atoms with Gasteiger partial charge in [-0.2, -0.15) is 5.10 Å². The van der Waals surface area contributed by atoms with Gasteiger partial charge in [-0.25, -0.2) is 13.5 Å². The lowest BCUT2D eigenvalue weighted by atomic mass is 9.77. The van der Waals surface area contributed by atoms with Gasteiger partial charge in [-0.1, -0.05) is 15.9 Å². The number of aliphatic hydroxyl groups is 1. The number of nitrogens with zero attached hydrogens (tertiary/aromatic N) is 2. The monoisotopic (exact) mass is 415 g/mol. The fourth-order valence-corrected chi connectivity index (χ4v) is 3.43. The molecule has 1 aromatic heterocycles. The average Bonchev–Trinajstić information content (AvgIpc) is 2.47. The summed E-state index contributed by atoms with van der Waals surface area (Å²) in [5, 5.41) is 16.1. The van der Waals surface area contributed by atoms with Crippen LogP contribution in [0.5, 0.6) is 0 Å². The van der Waals surface area contributed by atoms with Crippen molar-refractivity contribution in [2.24, 2.45) is 0 Å². The van der Waals surface area contributed by atoms with E-state index in [1.165, 1.54) is 12.1 Å². The third-order valence-corrected chi connectivity index (χ3v) is 4.68. The zero-order chi connectivity index (χ0) is 18.4. The fourth-order valence-electron chi connectivity index (χ4n) is 3.06. The Hall–Kier alpha value is -1.87. The number of fused-ring (bicyclic) bond motifs is 1. The first-order valence-corrected chi connectivity index (χ1v) is 8.46. The van der Waals surface area contributed by atoms with Crippen molar-refractivity contribution in [3.8, 4) is 0 Å². The molecule has 0 aliphatic heterocycles. The quantitative estimate of drug-likeness (QED) is 0.800. The second kappa shape index (κ2) is 6.45. The van der Waals surface area contributed by atoms with Crippen LogP contribution in [-0.2, 0) is 11.3 Å². The molecule has 0 radical (unpaired) electrons. The van der Waals surface area contributed by atoms with Crippen LogP contribution in [0.1, 0.15) is 31.9 Å². The molecule has 3 rings (SSSR count). The summed E-state index contributed by atoms with van der Waals surface area (Å²) in [6, 6.07) is 4.21. The Morgan fingerprint density at radius 2 is 2.16 bits per heavy atom. The molecule has 0 atom stereocenters. The van der Waals surface area contributed by atoms with Gasteiger partial charge in [-0.15, -0.1) is 0 Å². The summed E-state index contributed by atoms with van der Waals surface area (Å²) < 4.78 is 27.9. The molecule has 2 aromatic rings. The van der Waals surface area contributed by atoms with Crippen LogP contribution in [0, 0.1) is 0 Å². The highest BCUT2D eigenvalue weighted by atomic mass is 79.9. The summed E-state index contributed by atoms with van der Waals surface area (Å²) in [6.07, 6.45) is -2.06. The van der Waals surface area contributed by atoms with E-state index < -0.39 is 35.7 Å². The molecule has 0 saturated heterocycles. The maximum atomic E-state index is 13.3. The summed E-state index contributed by atoms with van der Waals surface area (Å²) in [5.41, 5.74) is -1.95. The first kappa shape index (κ1) is 17.9. The van der Waals surface area contributed by atoms with Crippen LogP contribution in [0.25, 0.3) is 10.8 Å². The van der Waals surface area contributed by atoms with Crippen molar-refractivity contribution in [3.63, 3.8) is 0 Å². The Bertz CT molecular complexity index is 890. The van der Waals surface area contributed by atoms with Gasteiger partial charge in [0.25, 0.3) is 12.0 Å². The Morgan fingerprint density at radius 1 is 1.48 bits per heavy atom. The van der Waals surface area contributed by atoms with Gasteiger partial charge in [0.15, 0.2) is 0 Å². The predicted molar refractivity (Wildman–Crippen MR) is 90.4 cm³/mol. The molecule has 1 amide bonds. The number of amides is 1. The molecular weight excluding hydrogens is 400 g/mol. The first-order chi connectivity index (χ1) is 11.7. The van der Waals surface area contributed by atoms with E-state index in [2.05, 4.69) is 26.3 Å². The van der Waals surface area contributed by atoms with Gasteiger partial charge >= 0.3 is 0 Å². The summed E-state index contributed by atoms with van der Waals surface area (Å²) in [6.45, 7) is 1.21. The number of aromatic nitrogens is 2. The number of carbonyl (C=O) groups is 1. The highest BCUT2D eigenvalue weighted by Gasteiger charge is 2.39. The van der Waals surface area contributed by atoms with Gasteiger partial charge in [-0.05, 0) is 38.0 Å². The Labute approximate surface area is 150 Å². The highest BCUT2D eigenvalue weighted by molar-refractivity contribution is 9.10. The van der Waals surface area contributed by atoms with E-state index >= 15 is 0 Å². The van der Waals surface area contributed by atoms with Gasteiger partial charge in [0.2, 0.25) is 5.91 Å². The molecule has 1 aliphatic carbocycles. The second-order valence-electron chi connectivity index (χ2n) is 6.51. The van der Waals surface area contributed by atoms with Gasteiger partial charge < -0.3 is 10.4 Å². The number of halogens is 3. The smallest absolute Gasteiger partial charge is 0.282 e. The molecule has 1 aromatic carbocycles. The molecular formula is C16H16BrF2N3O3. The van der Waals surface area contributed by atoms with Crippen molar-refractivity contribution in [2.45, 2.75) is 44.4 Å². The maximum Gasteiger partial charge on any atom is 0.282 e. The molecule has 0 bridgehead atoms. The highest BCUT2D eigenvalue weighted by Crippen LogP contribution is 2.31. The average molecular weight is 416 g/mol. The molecule has 1 fully saturated rings. The number of carbonyl (C=O) groups excluding carboxylic acids is 1. The first-order valence-electron chi connectivity index (χ1n) is 7.66. The number of alkyl halides is 2. The van der Waals surface area contributed by atoms with E-state index in [0.29, 0.717) is 17.3 Å². The van der Waals surface area contributed by atoms with Crippen LogP contribution in [-0.4, -0.2) is 32.4 Å². The zero-order valence-electron chi connectivity index (χ0n) is 13.3. The van der Waals surface area contributed by atoms with E-state index in [1.54, 1.807) is 13.0 Å². The minimum Gasteiger partial charge on any atom is -0.390 e. The van der Waals surface area contributed by atoms with E-state index in [1.807, 2.05) is 0 Å². The number of hydrogen-bond donors (Lipinski definition) is 2. The van der Waals surface area contributed by atoms with Gasteiger partial charge in [0.1, 0.15) is 12.2 Å². The molecule has 2 N–H and O–H groups in total. The van der Waals surface area contributed by atoms with E-state index in [-0.39, 0.29) is 16.8 Å². The summed E-state index contributed by atoms with van der Waals surface area (Å²) in [5.74, 6) is -0.508. The largest absolute Gasteiger partial charge is 0.390 e. The second-order valence-corrected chi connectivity index (χ2v) is 7.42. The van der Waals surface area contributed by atoms with Crippen LogP contribution in [0.3, 0.4) is 0 Å². The maximum absolute atomic E-state index is 13.3. The number of hydrogen-bond acceptors (Lipinski definition) is 4. The summed E-state index contributed by atoms with van der Waals surface area (Å²) in [4.78, 5) is 24.5. The van der Waals surface area contributed by atoms with Crippen molar-refractivity contribution in [2.75, 3.05) is 0 Å². The molecule has 0 spiro atoms. The van der Waals surface area contributed by atoms with Crippen molar-refractivity contribution < 1.29 is 18.7 Å². The minimum atomic E-state index is -2.88. The fraction of sp³-hybridized carbons (Fsp3) is 0.438. The number of rotatable bonds is 4. The van der Waals surface area contributed by atoms with E-state index in [4.69, 9.17) is 0 Å². The summed E-state index contributed by atoms with van der Waals surface area (Å²) >= 11 is 3.18. The van der Waals surface area contributed by atoms with Crippen LogP contribution < -0.4 is 10.9 Å². The molecule has 25 heavy (non-hydrogen) atoms. The van der Waals surface area contributed by atoms with E-state index in [0.717, 1.165) is 4.68 Å². The standard InChI is InChI=1S/C16H16BrF2N3O3/c1-16(25)5-9(6-16)20-12(23)7-22-15(24)10-3-2-8(17)4-11(10)13(21-22)14(18)19/h2-4,9,14,25H,5-7H2,1H3,(H,20,23). The topological polar surface area (TPSA) is 84.2 Å². The normalized spacial score (nSPS) is 22.9. The van der Waals surface area contributed by atoms with Crippen LogP contribution in [0.2, 0.25) is 0 Å². The minimum absolute atomic E-state index is 0.0565. The molecule has 134 valence electrons. The summed E-state index contributed by atoms with van der Waals surface area (Å²) in [7, 11) is 0. The number of nitrogens with one attached hydrogen (secondary N) is 1. The third kappa shape index (κ3) is 3.72. The van der Waals surface area contributed by atoms with Gasteiger partial charge in [-0.3, -0.25) is 9.59 Å². The molecule has 1 aliphatic rings. The molecule has 1 heterocycles. The van der Waals surface area contributed by atoms with Gasteiger partial charge in [0.05, 0.1) is 11.0 Å². The zero-order valence-corrected chi connectivity index (χ0v) is 14.9. The van der Waals surface area contributed by atoms with Crippen LogP contribution in [0.15, 0.2) is 27.5 Å². The Morgan fingerprint density at radius 3 is 2.76 bits per heavy atom. The Kier molecular flexibility index (Phi) is 4.63. The third-order valence-electron chi connectivity index (χ3n) is 4.19.